The van der Waals surface area contributed by atoms with Crippen LogP contribution in [0.2, 0.25) is 0 Å². The summed E-state index contributed by atoms with van der Waals surface area (Å²) in [7, 11) is 1.74. The highest BCUT2D eigenvalue weighted by atomic mass is 16.5. The summed E-state index contributed by atoms with van der Waals surface area (Å²) in [5.74, 6) is 0. The molecule has 108 valence electrons. The van der Waals surface area contributed by atoms with Gasteiger partial charge in [-0.3, -0.25) is 0 Å². The summed E-state index contributed by atoms with van der Waals surface area (Å²) < 4.78 is 5.00. The van der Waals surface area contributed by atoms with Gasteiger partial charge in [-0.15, -0.1) is 0 Å². The fourth-order valence-electron chi connectivity index (χ4n) is 2.39. The van der Waals surface area contributed by atoms with Gasteiger partial charge in [0.25, 0.3) is 0 Å². The third-order valence-electron chi connectivity index (χ3n) is 3.58. The zero-order valence-electron chi connectivity index (χ0n) is 12.8. The zero-order chi connectivity index (χ0) is 13.9. The van der Waals surface area contributed by atoms with Crippen molar-refractivity contribution in [2.24, 2.45) is 0 Å². The summed E-state index contributed by atoms with van der Waals surface area (Å²) >= 11 is 0. The number of nitrogens with one attached hydrogen (secondary N) is 1. The molecule has 0 aliphatic heterocycles. The lowest BCUT2D eigenvalue weighted by Crippen LogP contribution is -2.20. The minimum atomic E-state index is 0.804. The maximum Gasteiger partial charge on any atom is 0.0587 e. The van der Waals surface area contributed by atoms with E-state index in [-0.39, 0.29) is 0 Å². The summed E-state index contributed by atoms with van der Waals surface area (Å²) in [5, 5.41) is 3.39. The molecule has 0 saturated heterocycles. The maximum absolute atomic E-state index is 5.00. The van der Waals surface area contributed by atoms with E-state index in [9.17, 15) is 0 Å². The monoisotopic (exact) mass is 263 g/mol. The lowest BCUT2D eigenvalue weighted by Gasteiger charge is -2.09. The van der Waals surface area contributed by atoms with Crippen LogP contribution in [0.1, 0.15) is 43.4 Å². The lowest BCUT2D eigenvalue weighted by atomic mass is 9.98. The van der Waals surface area contributed by atoms with Gasteiger partial charge in [-0.2, -0.15) is 0 Å². The molecule has 0 saturated carbocycles. The number of rotatable bonds is 10. The van der Waals surface area contributed by atoms with Crippen LogP contribution < -0.4 is 5.32 Å². The van der Waals surface area contributed by atoms with Gasteiger partial charge in [0, 0.05) is 13.7 Å². The molecular weight excluding hydrogens is 234 g/mol. The van der Waals surface area contributed by atoms with E-state index in [4.69, 9.17) is 4.74 Å². The first-order valence-corrected chi connectivity index (χ1v) is 7.62. The smallest absolute Gasteiger partial charge is 0.0587 e. The van der Waals surface area contributed by atoms with Crippen molar-refractivity contribution in [3.8, 4) is 0 Å². The van der Waals surface area contributed by atoms with E-state index in [0.717, 1.165) is 32.5 Å². The molecule has 0 spiro atoms. The van der Waals surface area contributed by atoms with Crippen LogP contribution in [-0.4, -0.2) is 26.8 Å². The van der Waals surface area contributed by atoms with Crippen molar-refractivity contribution >= 4 is 0 Å². The minimum Gasteiger partial charge on any atom is -0.383 e. The highest BCUT2D eigenvalue weighted by Gasteiger charge is 2.01. The summed E-state index contributed by atoms with van der Waals surface area (Å²) in [6, 6.07) is 7.01. The number of methoxy groups -OCH3 is 1. The lowest BCUT2D eigenvalue weighted by molar-refractivity contribution is 0.199. The Morgan fingerprint density at radius 2 is 1.79 bits per heavy atom. The van der Waals surface area contributed by atoms with Crippen LogP contribution in [0.5, 0.6) is 0 Å². The van der Waals surface area contributed by atoms with E-state index in [1.807, 2.05) is 0 Å². The largest absolute Gasteiger partial charge is 0.383 e. The van der Waals surface area contributed by atoms with Gasteiger partial charge in [-0.25, -0.2) is 0 Å². The van der Waals surface area contributed by atoms with Gasteiger partial charge in [0.2, 0.25) is 0 Å². The summed E-state index contributed by atoms with van der Waals surface area (Å²) in [6.45, 7) is 7.34. The fraction of sp³-hybridized carbons (Fsp3) is 0.647. The summed E-state index contributed by atoms with van der Waals surface area (Å²) in [4.78, 5) is 0. The van der Waals surface area contributed by atoms with E-state index in [0.29, 0.717) is 0 Å². The third kappa shape index (κ3) is 6.22. The Morgan fingerprint density at radius 1 is 1.00 bits per heavy atom. The molecule has 0 aromatic heterocycles. The second-order valence-corrected chi connectivity index (χ2v) is 5.01. The van der Waals surface area contributed by atoms with Crippen molar-refractivity contribution in [2.75, 3.05) is 26.8 Å². The Morgan fingerprint density at radius 3 is 2.47 bits per heavy atom. The van der Waals surface area contributed by atoms with Crippen molar-refractivity contribution in [1.82, 2.24) is 5.32 Å². The summed E-state index contributed by atoms with van der Waals surface area (Å²) in [6.07, 6.45) is 5.99. The number of hydrogen-bond acceptors (Lipinski definition) is 2. The van der Waals surface area contributed by atoms with Crippen molar-refractivity contribution in [2.45, 2.75) is 46.0 Å². The average molecular weight is 263 g/mol. The molecule has 19 heavy (non-hydrogen) atoms. The topological polar surface area (TPSA) is 21.3 Å². The predicted octanol–water partition coefficient (Wildman–Crippen LogP) is 3.37. The molecular formula is C17H29NO. The Bertz CT molecular complexity index is 349. The molecule has 0 aliphatic carbocycles. The van der Waals surface area contributed by atoms with E-state index in [1.54, 1.807) is 7.11 Å². The molecule has 1 N–H and O–H groups in total. The molecule has 0 fully saturated rings. The van der Waals surface area contributed by atoms with Crippen molar-refractivity contribution in [3.63, 3.8) is 0 Å². The van der Waals surface area contributed by atoms with Crippen LogP contribution in [0.25, 0.3) is 0 Å². The van der Waals surface area contributed by atoms with Crippen LogP contribution in [0.3, 0.4) is 0 Å². The zero-order valence-corrected chi connectivity index (χ0v) is 12.8. The predicted molar refractivity (Wildman–Crippen MR) is 82.9 cm³/mol. The summed E-state index contributed by atoms with van der Waals surface area (Å²) in [5.41, 5.74) is 4.52. The molecule has 0 unspecified atom stereocenters. The Kier molecular flexibility index (Phi) is 8.52. The van der Waals surface area contributed by atoms with Crippen LogP contribution in [0.4, 0.5) is 0 Å². The molecule has 0 amide bonds. The van der Waals surface area contributed by atoms with E-state index >= 15 is 0 Å². The quantitative estimate of drug-likeness (QED) is 0.654. The molecule has 0 aliphatic rings. The first kappa shape index (κ1) is 16.2. The average Bonchev–Trinajstić information content (AvgIpc) is 2.46. The molecule has 0 bridgehead atoms. The van der Waals surface area contributed by atoms with Gasteiger partial charge in [0.1, 0.15) is 0 Å². The van der Waals surface area contributed by atoms with Crippen LogP contribution >= 0.6 is 0 Å². The SMILES string of the molecule is CCc1ccc(CCCCNCCOC)cc1CC. The third-order valence-corrected chi connectivity index (χ3v) is 3.58. The van der Waals surface area contributed by atoms with Crippen molar-refractivity contribution in [3.05, 3.63) is 34.9 Å². The molecule has 1 rings (SSSR count). The number of unbranched alkanes of at least 4 members (excludes halogenated alkanes) is 1. The standard InChI is InChI=1S/C17H29NO/c1-4-16-10-9-15(14-17(16)5-2)8-6-7-11-18-12-13-19-3/h9-10,14,18H,4-8,11-13H2,1-3H3. The van der Waals surface area contributed by atoms with Crippen LogP contribution in [0, 0.1) is 0 Å². The van der Waals surface area contributed by atoms with Crippen LogP contribution in [-0.2, 0) is 24.0 Å². The van der Waals surface area contributed by atoms with E-state index in [1.165, 1.54) is 36.0 Å². The van der Waals surface area contributed by atoms with Gasteiger partial charge in [-0.05, 0) is 55.3 Å². The van der Waals surface area contributed by atoms with Crippen LogP contribution in [0.15, 0.2) is 18.2 Å². The van der Waals surface area contributed by atoms with Gasteiger partial charge >= 0.3 is 0 Å². The van der Waals surface area contributed by atoms with Gasteiger partial charge in [0.05, 0.1) is 6.61 Å². The normalized spacial score (nSPS) is 10.9. The minimum absolute atomic E-state index is 0.804. The molecule has 1 aromatic carbocycles. The first-order chi connectivity index (χ1) is 9.31. The van der Waals surface area contributed by atoms with Gasteiger partial charge < -0.3 is 10.1 Å². The molecule has 2 heteroatoms. The molecule has 1 aromatic rings. The van der Waals surface area contributed by atoms with Crippen molar-refractivity contribution in [1.29, 1.82) is 0 Å². The fourth-order valence-corrected chi connectivity index (χ4v) is 2.39. The highest BCUT2D eigenvalue weighted by Crippen LogP contribution is 2.15. The molecule has 2 nitrogen and oxygen atoms in total. The number of ether oxygens (including phenoxy) is 1. The van der Waals surface area contributed by atoms with Gasteiger partial charge in [0.15, 0.2) is 0 Å². The highest BCUT2D eigenvalue weighted by molar-refractivity contribution is 5.32. The molecule has 0 atom stereocenters. The van der Waals surface area contributed by atoms with Gasteiger partial charge in [-0.1, -0.05) is 32.0 Å². The van der Waals surface area contributed by atoms with Crippen molar-refractivity contribution < 1.29 is 4.74 Å². The van der Waals surface area contributed by atoms with E-state index < -0.39 is 0 Å². The number of hydrogen-bond donors (Lipinski definition) is 1. The molecule has 0 radical (unpaired) electrons. The Balaban J connectivity index is 2.26. The number of aryl methyl sites for hydroxylation is 3. The first-order valence-electron chi connectivity index (χ1n) is 7.62. The second-order valence-electron chi connectivity index (χ2n) is 5.01. The second kappa shape index (κ2) is 9.99. The number of benzene rings is 1. The molecule has 0 heterocycles. The van der Waals surface area contributed by atoms with E-state index in [2.05, 4.69) is 37.4 Å². The Labute approximate surface area is 118 Å². The maximum atomic E-state index is 5.00. The Hall–Kier alpha value is -0.860.